The molecule has 0 aromatic heterocycles. The number of nitrogens with zero attached hydrogens (tertiary/aromatic N) is 2. The number of carbonyl (C=O) groups is 5. The third-order valence-corrected chi connectivity index (χ3v) is 6.21. The summed E-state index contributed by atoms with van der Waals surface area (Å²) in [5.74, 6) is -3.56. The molecule has 7 N–H and O–H groups in total. The fourth-order valence-corrected chi connectivity index (χ4v) is 4.41. The van der Waals surface area contributed by atoms with Crippen LogP contribution in [0.5, 0.6) is 0 Å². The number of unbranched alkanes of at least 4 members (excludes halogenated alkanes) is 1. The van der Waals surface area contributed by atoms with Crippen molar-refractivity contribution in [3.05, 3.63) is 0 Å². The molecule has 0 aliphatic carbocycles. The zero-order chi connectivity index (χ0) is 24.5. The minimum absolute atomic E-state index is 0.0682. The summed E-state index contributed by atoms with van der Waals surface area (Å²) in [7, 11) is 0. The van der Waals surface area contributed by atoms with E-state index in [-0.39, 0.29) is 18.7 Å². The van der Waals surface area contributed by atoms with Gasteiger partial charge in [-0.2, -0.15) is 0 Å². The third kappa shape index (κ3) is 7.13. The van der Waals surface area contributed by atoms with Crippen LogP contribution in [0.25, 0.3) is 0 Å². The van der Waals surface area contributed by atoms with Gasteiger partial charge in [0, 0.05) is 19.5 Å². The molecule has 186 valence electrons. The van der Waals surface area contributed by atoms with Gasteiger partial charge in [0.25, 0.3) is 0 Å². The minimum Gasteiger partial charge on any atom is -0.481 e. The zero-order valence-corrected chi connectivity index (χ0v) is 18.8. The van der Waals surface area contributed by atoms with E-state index in [0.717, 1.165) is 0 Å². The van der Waals surface area contributed by atoms with Crippen molar-refractivity contribution in [1.82, 2.24) is 15.1 Å². The first-order chi connectivity index (χ1) is 15.7. The molecule has 2 aliphatic rings. The minimum atomic E-state index is -1.08. The Kier molecular flexibility index (Phi) is 10.0. The molecule has 0 bridgehead atoms. The number of nitrogens with one attached hydrogen (secondary N) is 1. The molecular weight excluding hydrogens is 434 g/mol. The largest absolute Gasteiger partial charge is 0.481 e. The Morgan fingerprint density at radius 1 is 0.939 bits per heavy atom. The molecular formula is C21H35N5O7. The van der Waals surface area contributed by atoms with E-state index in [1.165, 1.54) is 9.80 Å². The van der Waals surface area contributed by atoms with E-state index in [1.54, 1.807) is 0 Å². The quantitative estimate of drug-likeness (QED) is 0.219. The van der Waals surface area contributed by atoms with Crippen molar-refractivity contribution in [2.75, 3.05) is 19.6 Å². The van der Waals surface area contributed by atoms with Crippen LogP contribution in [0.2, 0.25) is 0 Å². The number of aliphatic carboxylic acids is 2. The molecule has 2 rings (SSSR count). The summed E-state index contributed by atoms with van der Waals surface area (Å²) < 4.78 is 0. The number of hydrogen-bond acceptors (Lipinski definition) is 7. The van der Waals surface area contributed by atoms with Gasteiger partial charge in [0.05, 0.1) is 6.04 Å². The van der Waals surface area contributed by atoms with Gasteiger partial charge in [0.15, 0.2) is 0 Å². The maximum absolute atomic E-state index is 13.4. The van der Waals surface area contributed by atoms with Gasteiger partial charge in [0.1, 0.15) is 18.1 Å². The van der Waals surface area contributed by atoms with Crippen molar-refractivity contribution in [2.45, 2.75) is 82.0 Å². The molecule has 0 spiro atoms. The number of carboxylic acid groups (broad SMARTS) is 2. The van der Waals surface area contributed by atoms with Crippen LogP contribution in [0, 0.1) is 0 Å². The van der Waals surface area contributed by atoms with E-state index in [0.29, 0.717) is 64.6 Å². The van der Waals surface area contributed by atoms with Crippen LogP contribution in [0.4, 0.5) is 0 Å². The van der Waals surface area contributed by atoms with Gasteiger partial charge in [-0.15, -0.1) is 0 Å². The number of rotatable bonds is 12. The summed E-state index contributed by atoms with van der Waals surface area (Å²) in [6.45, 7) is 1.09. The average molecular weight is 470 g/mol. The predicted octanol–water partition coefficient (Wildman–Crippen LogP) is -1.14. The van der Waals surface area contributed by atoms with Gasteiger partial charge < -0.3 is 36.8 Å². The molecule has 12 heteroatoms. The first kappa shape index (κ1) is 26.5. The standard InChI is InChI=1S/C21H35N5O7/c22-10-2-1-5-14(24-18(29)13(23)8-9-17(27)28)19(30)25-11-3-6-15(25)20(31)26-12-4-7-16(26)21(32)33/h13-16H,1-12,22-23H2,(H,24,29)(H,27,28)(H,32,33). The highest BCUT2D eigenvalue weighted by atomic mass is 16.4. The van der Waals surface area contributed by atoms with Gasteiger partial charge in [0.2, 0.25) is 17.7 Å². The van der Waals surface area contributed by atoms with Crippen molar-refractivity contribution in [2.24, 2.45) is 11.5 Å². The number of amides is 3. The lowest BCUT2D eigenvalue weighted by Crippen LogP contribution is -2.56. The molecule has 0 saturated carbocycles. The summed E-state index contributed by atoms with van der Waals surface area (Å²) >= 11 is 0. The number of hydrogen-bond donors (Lipinski definition) is 5. The molecule has 12 nitrogen and oxygen atoms in total. The van der Waals surface area contributed by atoms with E-state index < -0.39 is 47.9 Å². The van der Waals surface area contributed by atoms with E-state index >= 15 is 0 Å². The van der Waals surface area contributed by atoms with Gasteiger partial charge in [-0.05, 0) is 57.9 Å². The second-order valence-electron chi connectivity index (χ2n) is 8.60. The third-order valence-electron chi connectivity index (χ3n) is 6.21. The summed E-state index contributed by atoms with van der Waals surface area (Å²) in [4.78, 5) is 64.0. The smallest absolute Gasteiger partial charge is 0.326 e. The fraction of sp³-hybridized carbons (Fsp3) is 0.762. The summed E-state index contributed by atoms with van der Waals surface area (Å²) in [6, 6.07) is -3.67. The van der Waals surface area contributed by atoms with Crippen LogP contribution < -0.4 is 16.8 Å². The number of nitrogens with two attached hydrogens (primary N) is 2. The van der Waals surface area contributed by atoms with Gasteiger partial charge in [-0.3, -0.25) is 19.2 Å². The van der Waals surface area contributed by atoms with E-state index in [2.05, 4.69) is 5.32 Å². The predicted molar refractivity (Wildman–Crippen MR) is 117 cm³/mol. The Morgan fingerprint density at radius 3 is 2.18 bits per heavy atom. The lowest BCUT2D eigenvalue weighted by atomic mass is 10.1. The molecule has 33 heavy (non-hydrogen) atoms. The highest BCUT2D eigenvalue weighted by molar-refractivity contribution is 5.94. The maximum atomic E-state index is 13.4. The number of carbonyl (C=O) groups excluding carboxylic acids is 3. The molecule has 2 aliphatic heterocycles. The second-order valence-corrected chi connectivity index (χ2v) is 8.60. The molecule has 0 aromatic carbocycles. The highest BCUT2D eigenvalue weighted by Crippen LogP contribution is 2.26. The van der Waals surface area contributed by atoms with Crippen molar-refractivity contribution < 1.29 is 34.2 Å². The van der Waals surface area contributed by atoms with E-state index in [9.17, 15) is 29.1 Å². The number of carboxylic acids is 2. The Labute approximate surface area is 192 Å². The van der Waals surface area contributed by atoms with Crippen LogP contribution in [0.1, 0.15) is 57.8 Å². The first-order valence-electron chi connectivity index (χ1n) is 11.5. The lowest BCUT2D eigenvalue weighted by Gasteiger charge is -2.32. The van der Waals surface area contributed by atoms with Crippen molar-refractivity contribution in [3.8, 4) is 0 Å². The Balaban J connectivity index is 2.11. The molecule has 2 saturated heterocycles. The van der Waals surface area contributed by atoms with Crippen LogP contribution in [-0.2, 0) is 24.0 Å². The average Bonchev–Trinajstić information content (AvgIpc) is 3.45. The monoisotopic (exact) mass is 469 g/mol. The molecule has 4 unspecified atom stereocenters. The molecule has 2 heterocycles. The molecule has 0 radical (unpaired) electrons. The van der Waals surface area contributed by atoms with Crippen LogP contribution in [0.15, 0.2) is 0 Å². The first-order valence-corrected chi connectivity index (χ1v) is 11.5. The van der Waals surface area contributed by atoms with E-state index in [4.69, 9.17) is 16.6 Å². The van der Waals surface area contributed by atoms with Gasteiger partial charge in [-0.1, -0.05) is 0 Å². The Morgan fingerprint density at radius 2 is 1.58 bits per heavy atom. The molecule has 3 amide bonds. The normalized spacial score (nSPS) is 22.1. The fourth-order valence-electron chi connectivity index (χ4n) is 4.41. The van der Waals surface area contributed by atoms with E-state index in [1.807, 2.05) is 0 Å². The van der Waals surface area contributed by atoms with Crippen molar-refractivity contribution in [3.63, 3.8) is 0 Å². The Hall–Kier alpha value is -2.73. The lowest BCUT2D eigenvalue weighted by molar-refractivity contribution is -0.152. The summed E-state index contributed by atoms with van der Waals surface area (Å²) in [6.07, 6.45) is 3.16. The van der Waals surface area contributed by atoms with Crippen molar-refractivity contribution in [1.29, 1.82) is 0 Å². The van der Waals surface area contributed by atoms with Crippen LogP contribution in [-0.4, -0.2) is 93.5 Å². The van der Waals surface area contributed by atoms with Gasteiger partial charge >= 0.3 is 11.9 Å². The molecule has 2 fully saturated rings. The second kappa shape index (κ2) is 12.5. The SMILES string of the molecule is NCCCCC(NC(=O)C(N)CCC(=O)O)C(=O)N1CCCC1C(=O)N1CCCC1C(=O)O. The van der Waals surface area contributed by atoms with Crippen molar-refractivity contribution >= 4 is 29.7 Å². The molecule has 0 aromatic rings. The highest BCUT2D eigenvalue weighted by Gasteiger charge is 2.43. The van der Waals surface area contributed by atoms with Crippen LogP contribution in [0.3, 0.4) is 0 Å². The van der Waals surface area contributed by atoms with Crippen LogP contribution >= 0.6 is 0 Å². The Bertz CT molecular complexity index is 747. The number of likely N-dealkylation sites (tertiary alicyclic amines) is 2. The maximum Gasteiger partial charge on any atom is 0.326 e. The summed E-state index contributed by atoms with van der Waals surface area (Å²) in [5, 5.41) is 20.8. The van der Waals surface area contributed by atoms with Gasteiger partial charge in [-0.25, -0.2) is 4.79 Å². The summed E-state index contributed by atoms with van der Waals surface area (Å²) in [5.41, 5.74) is 11.3. The molecule has 4 atom stereocenters. The zero-order valence-electron chi connectivity index (χ0n) is 18.8. The topological polar surface area (TPSA) is 196 Å².